The van der Waals surface area contributed by atoms with E-state index in [-0.39, 0.29) is 0 Å². The van der Waals surface area contributed by atoms with Crippen LogP contribution in [0.15, 0.2) is 24.3 Å². The summed E-state index contributed by atoms with van der Waals surface area (Å²) in [7, 11) is 0. The molecule has 1 N–H and O–H groups in total. The second kappa shape index (κ2) is 6.76. The minimum atomic E-state index is 0.709. The first kappa shape index (κ1) is 13.4. The first-order chi connectivity index (χ1) is 8.83. The zero-order valence-electron chi connectivity index (χ0n) is 11.5. The van der Waals surface area contributed by atoms with Crippen LogP contribution in [0.3, 0.4) is 0 Å². The summed E-state index contributed by atoms with van der Waals surface area (Å²) in [6, 6.07) is 9.18. The highest BCUT2D eigenvalue weighted by molar-refractivity contribution is 5.28. The van der Waals surface area contributed by atoms with Crippen molar-refractivity contribution in [3.05, 3.63) is 29.8 Å². The quantitative estimate of drug-likeness (QED) is 0.801. The van der Waals surface area contributed by atoms with Gasteiger partial charge in [0.2, 0.25) is 0 Å². The molecule has 1 aromatic carbocycles. The van der Waals surface area contributed by atoms with Crippen LogP contribution in [0, 0.1) is 0 Å². The molecular formula is C15H24N2O. The van der Waals surface area contributed by atoms with Gasteiger partial charge in [-0.2, -0.15) is 0 Å². The Kier molecular flexibility index (Phi) is 5.02. The number of benzene rings is 1. The predicted molar refractivity (Wildman–Crippen MR) is 75.0 cm³/mol. The molecule has 0 unspecified atom stereocenters. The van der Waals surface area contributed by atoms with Gasteiger partial charge in [-0.05, 0) is 37.6 Å². The Balaban J connectivity index is 1.98. The van der Waals surface area contributed by atoms with Gasteiger partial charge >= 0.3 is 0 Å². The Morgan fingerprint density at radius 3 is 2.78 bits per heavy atom. The number of hydrogen-bond acceptors (Lipinski definition) is 3. The standard InChI is InChI=1S/C15H24N2O/c1-3-8-17(14-10-16-11-14)12-13-6-5-7-15(9-13)18-4-2/h5-7,9,14,16H,3-4,8,10-12H2,1-2H3. The van der Waals surface area contributed by atoms with Gasteiger partial charge in [0.15, 0.2) is 0 Å². The molecule has 0 aliphatic carbocycles. The highest BCUT2D eigenvalue weighted by Gasteiger charge is 2.23. The fraction of sp³-hybridized carbons (Fsp3) is 0.600. The molecule has 100 valence electrons. The summed E-state index contributed by atoms with van der Waals surface area (Å²) in [5.74, 6) is 0.984. The van der Waals surface area contributed by atoms with Gasteiger partial charge in [0.05, 0.1) is 6.61 Å². The summed E-state index contributed by atoms with van der Waals surface area (Å²) in [5, 5.41) is 3.35. The van der Waals surface area contributed by atoms with Crippen LogP contribution in [0.5, 0.6) is 5.75 Å². The van der Waals surface area contributed by atoms with Crippen LogP contribution < -0.4 is 10.1 Å². The lowest BCUT2D eigenvalue weighted by Gasteiger charge is -2.38. The van der Waals surface area contributed by atoms with Crippen molar-refractivity contribution in [3.8, 4) is 5.75 Å². The lowest BCUT2D eigenvalue weighted by Crippen LogP contribution is -2.56. The molecule has 3 heteroatoms. The maximum absolute atomic E-state index is 5.56. The summed E-state index contributed by atoms with van der Waals surface area (Å²) in [6.07, 6.45) is 1.21. The Labute approximate surface area is 110 Å². The molecule has 0 aromatic heterocycles. The fourth-order valence-corrected chi connectivity index (χ4v) is 2.34. The number of nitrogens with one attached hydrogen (secondary N) is 1. The highest BCUT2D eigenvalue weighted by Crippen LogP contribution is 2.17. The van der Waals surface area contributed by atoms with Gasteiger partial charge < -0.3 is 10.1 Å². The average molecular weight is 248 g/mol. The van der Waals surface area contributed by atoms with Crippen molar-refractivity contribution < 1.29 is 4.74 Å². The molecule has 18 heavy (non-hydrogen) atoms. The van der Waals surface area contributed by atoms with E-state index in [1.54, 1.807) is 0 Å². The third-order valence-corrected chi connectivity index (χ3v) is 3.38. The molecule has 1 aliphatic heterocycles. The van der Waals surface area contributed by atoms with Crippen LogP contribution >= 0.6 is 0 Å². The highest BCUT2D eigenvalue weighted by atomic mass is 16.5. The van der Waals surface area contributed by atoms with E-state index in [4.69, 9.17) is 4.74 Å². The van der Waals surface area contributed by atoms with Crippen molar-refractivity contribution in [1.82, 2.24) is 10.2 Å². The van der Waals surface area contributed by atoms with E-state index in [0.717, 1.165) is 32.0 Å². The molecule has 0 atom stereocenters. The van der Waals surface area contributed by atoms with E-state index in [0.29, 0.717) is 6.04 Å². The Hall–Kier alpha value is -1.06. The van der Waals surface area contributed by atoms with Crippen LogP contribution in [0.1, 0.15) is 25.8 Å². The van der Waals surface area contributed by atoms with E-state index in [2.05, 4.69) is 35.3 Å². The Morgan fingerprint density at radius 2 is 2.17 bits per heavy atom. The molecule has 2 rings (SSSR count). The summed E-state index contributed by atoms with van der Waals surface area (Å²) in [5.41, 5.74) is 1.35. The van der Waals surface area contributed by atoms with Gasteiger partial charge in [-0.15, -0.1) is 0 Å². The zero-order valence-corrected chi connectivity index (χ0v) is 11.5. The van der Waals surface area contributed by atoms with Crippen molar-refractivity contribution in [2.75, 3.05) is 26.2 Å². The monoisotopic (exact) mass is 248 g/mol. The van der Waals surface area contributed by atoms with Gasteiger partial charge in [-0.1, -0.05) is 19.1 Å². The number of hydrogen-bond donors (Lipinski definition) is 1. The van der Waals surface area contributed by atoms with E-state index in [9.17, 15) is 0 Å². The van der Waals surface area contributed by atoms with Crippen molar-refractivity contribution >= 4 is 0 Å². The number of ether oxygens (including phenoxy) is 1. The van der Waals surface area contributed by atoms with Crippen LogP contribution in [0.4, 0.5) is 0 Å². The third kappa shape index (κ3) is 3.47. The fourth-order valence-electron chi connectivity index (χ4n) is 2.34. The second-order valence-electron chi connectivity index (χ2n) is 4.86. The molecule has 1 heterocycles. The molecular weight excluding hydrogens is 224 g/mol. The molecule has 0 saturated carbocycles. The van der Waals surface area contributed by atoms with Gasteiger partial charge in [0.1, 0.15) is 5.75 Å². The minimum Gasteiger partial charge on any atom is -0.494 e. The predicted octanol–water partition coefficient (Wildman–Crippen LogP) is 2.27. The smallest absolute Gasteiger partial charge is 0.119 e. The lowest BCUT2D eigenvalue weighted by atomic mass is 10.1. The summed E-state index contributed by atoms with van der Waals surface area (Å²) in [6.45, 7) is 9.46. The number of nitrogens with zero attached hydrogens (tertiary/aromatic N) is 1. The summed E-state index contributed by atoms with van der Waals surface area (Å²) < 4.78 is 5.56. The Morgan fingerprint density at radius 1 is 1.33 bits per heavy atom. The summed E-state index contributed by atoms with van der Waals surface area (Å²) in [4.78, 5) is 2.57. The molecule has 0 radical (unpaired) electrons. The van der Waals surface area contributed by atoms with Crippen LogP contribution in [-0.2, 0) is 6.54 Å². The molecule has 1 fully saturated rings. The van der Waals surface area contributed by atoms with Gasteiger partial charge in [-0.3, -0.25) is 4.90 Å². The van der Waals surface area contributed by atoms with E-state index in [1.165, 1.54) is 18.5 Å². The first-order valence-electron chi connectivity index (χ1n) is 7.00. The van der Waals surface area contributed by atoms with Crippen molar-refractivity contribution in [3.63, 3.8) is 0 Å². The third-order valence-electron chi connectivity index (χ3n) is 3.38. The number of rotatable bonds is 7. The molecule has 0 spiro atoms. The molecule has 1 aliphatic rings. The van der Waals surface area contributed by atoms with Gasteiger partial charge in [0, 0.05) is 25.7 Å². The van der Waals surface area contributed by atoms with E-state index < -0.39 is 0 Å². The maximum Gasteiger partial charge on any atom is 0.119 e. The maximum atomic E-state index is 5.56. The van der Waals surface area contributed by atoms with Crippen molar-refractivity contribution in [2.24, 2.45) is 0 Å². The van der Waals surface area contributed by atoms with Crippen LogP contribution in [-0.4, -0.2) is 37.2 Å². The van der Waals surface area contributed by atoms with Crippen LogP contribution in [0.2, 0.25) is 0 Å². The SMILES string of the molecule is CCCN(Cc1cccc(OCC)c1)C1CNC1. The molecule has 1 aromatic rings. The molecule has 0 amide bonds. The van der Waals surface area contributed by atoms with Gasteiger partial charge in [-0.25, -0.2) is 0 Å². The zero-order chi connectivity index (χ0) is 12.8. The molecule has 1 saturated heterocycles. The largest absolute Gasteiger partial charge is 0.494 e. The topological polar surface area (TPSA) is 24.5 Å². The average Bonchev–Trinajstić information content (AvgIpc) is 2.28. The lowest BCUT2D eigenvalue weighted by molar-refractivity contribution is 0.137. The van der Waals surface area contributed by atoms with E-state index >= 15 is 0 Å². The minimum absolute atomic E-state index is 0.709. The first-order valence-corrected chi connectivity index (χ1v) is 7.00. The van der Waals surface area contributed by atoms with Crippen LogP contribution in [0.25, 0.3) is 0 Å². The molecule has 0 bridgehead atoms. The van der Waals surface area contributed by atoms with Crippen molar-refractivity contribution in [1.29, 1.82) is 0 Å². The Bertz CT molecular complexity index is 363. The second-order valence-corrected chi connectivity index (χ2v) is 4.86. The summed E-state index contributed by atoms with van der Waals surface area (Å²) >= 11 is 0. The normalized spacial score (nSPS) is 15.7. The van der Waals surface area contributed by atoms with Gasteiger partial charge in [0.25, 0.3) is 0 Å². The molecule has 3 nitrogen and oxygen atoms in total. The van der Waals surface area contributed by atoms with E-state index in [1.807, 2.05) is 13.0 Å². The van der Waals surface area contributed by atoms with Crippen molar-refractivity contribution in [2.45, 2.75) is 32.9 Å².